The highest BCUT2D eigenvalue weighted by atomic mass is 16.6. The van der Waals surface area contributed by atoms with Crippen LogP contribution in [0.25, 0.3) is 16.5 Å². The molecule has 0 radical (unpaired) electrons. The van der Waals surface area contributed by atoms with Gasteiger partial charge in [-0.3, -0.25) is 0 Å². The van der Waals surface area contributed by atoms with E-state index >= 15 is 0 Å². The highest BCUT2D eigenvalue weighted by molar-refractivity contribution is 5.90. The van der Waals surface area contributed by atoms with Crippen LogP contribution < -0.4 is 4.74 Å². The molecule has 3 rings (SSSR count). The maximum atomic E-state index is 12.0. The summed E-state index contributed by atoms with van der Waals surface area (Å²) in [5.41, 5.74) is 3.60. The number of carbonyl (C=O) groups excluding carboxylic acids is 1. The third-order valence-electron chi connectivity index (χ3n) is 4.54. The van der Waals surface area contributed by atoms with Gasteiger partial charge in [0.2, 0.25) is 0 Å². The number of hydrogen-bond acceptors (Lipinski definition) is 5. The summed E-state index contributed by atoms with van der Waals surface area (Å²) in [6.45, 7) is 8.92. The smallest absolute Gasteiger partial charge is 0.335 e. The van der Waals surface area contributed by atoms with Gasteiger partial charge in [0.25, 0.3) is 0 Å². The van der Waals surface area contributed by atoms with Gasteiger partial charge in [0.15, 0.2) is 6.10 Å². The Kier molecular flexibility index (Phi) is 7.09. The Bertz CT molecular complexity index is 955. The predicted octanol–water partition coefficient (Wildman–Crippen LogP) is 5.04. The van der Waals surface area contributed by atoms with E-state index in [2.05, 4.69) is 6.58 Å². The highest BCUT2D eigenvalue weighted by Crippen LogP contribution is 2.27. The molecule has 0 N–H and O–H groups in total. The van der Waals surface area contributed by atoms with Gasteiger partial charge in [-0.1, -0.05) is 36.9 Å². The lowest BCUT2D eigenvalue weighted by atomic mass is 10.1. The standard InChI is InChI=1S/C24H26O5/c1-4-26-23(24(25)27-5-2)14-18-10-12-19(13-11-18)28-15-17(3)21-16-29-22-9-7-6-8-20(21)22/h6-13,16,23H,3-5,14-15H2,1-2H3/t23-/m0/s1. The van der Waals surface area contributed by atoms with E-state index in [9.17, 15) is 4.79 Å². The normalized spacial score (nSPS) is 11.9. The second kappa shape index (κ2) is 9.94. The lowest BCUT2D eigenvalue weighted by Gasteiger charge is -2.16. The SMILES string of the molecule is C=C(COc1ccc(C[C@H](OCC)C(=O)OCC)cc1)c1coc2ccccc12. The van der Waals surface area contributed by atoms with Gasteiger partial charge in [0, 0.05) is 24.0 Å². The molecule has 0 bridgehead atoms. The molecule has 29 heavy (non-hydrogen) atoms. The Morgan fingerprint density at radius 2 is 1.83 bits per heavy atom. The minimum Gasteiger partial charge on any atom is -0.489 e. The number of para-hydroxylation sites is 1. The van der Waals surface area contributed by atoms with Gasteiger partial charge in [-0.15, -0.1) is 0 Å². The monoisotopic (exact) mass is 394 g/mol. The van der Waals surface area contributed by atoms with Crippen LogP contribution in [0, 0.1) is 0 Å². The van der Waals surface area contributed by atoms with Crippen LogP contribution in [-0.4, -0.2) is 31.9 Å². The fourth-order valence-electron chi connectivity index (χ4n) is 3.08. The predicted molar refractivity (Wildman–Crippen MR) is 113 cm³/mol. The maximum Gasteiger partial charge on any atom is 0.335 e. The average molecular weight is 394 g/mol. The van der Waals surface area contributed by atoms with Crippen LogP contribution in [-0.2, 0) is 20.7 Å². The van der Waals surface area contributed by atoms with E-state index in [1.807, 2.05) is 55.5 Å². The molecule has 1 aromatic heterocycles. The zero-order valence-electron chi connectivity index (χ0n) is 16.9. The molecule has 0 spiro atoms. The van der Waals surface area contributed by atoms with E-state index in [0.29, 0.717) is 26.2 Å². The molecule has 0 saturated carbocycles. The molecule has 0 fully saturated rings. The van der Waals surface area contributed by atoms with Gasteiger partial charge in [0.05, 0.1) is 12.9 Å². The van der Waals surface area contributed by atoms with Crippen LogP contribution >= 0.6 is 0 Å². The Hall–Kier alpha value is -3.05. The van der Waals surface area contributed by atoms with Crippen molar-refractivity contribution >= 4 is 22.5 Å². The molecule has 0 aliphatic carbocycles. The Labute approximate surface area is 170 Å². The molecule has 2 aromatic carbocycles. The zero-order chi connectivity index (χ0) is 20.6. The summed E-state index contributed by atoms with van der Waals surface area (Å²) in [4.78, 5) is 12.0. The lowest BCUT2D eigenvalue weighted by molar-refractivity contribution is -0.156. The number of hydrogen-bond donors (Lipinski definition) is 0. The van der Waals surface area contributed by atoms with E-state index in [1.54, 1.807) is 13.2 Å². The molecule has 0 unspecified atom stereocenters. The number of rotatable bonds is 10. The first-order valence-corrected chi connectivity index (χ1v) is 9.76. The summed E-state index contributed by atoms with van der Waals surface area (Å²) in [5.74, 6) is 0.394. The number of ether oxygens (including phenoxy) is 3. The van der Waals surface area contributed by atoms with E-state index in [0.717, 1.165) is 33.4 Å². The van der Waals surface area contributed by atoms with Gasteiger partial charge in [0.1, 0.15) is 17.9 Å². The second-order valence-corrected chi connectivity index (χ2v) is 6.58. The topological polar surface area (TPSA) is 57.9 Å². The summed E-state index contributed by atoms with van der Waals surface area (Å²) in [7, 11) is 0. The van der Waals surface area contributed by atoms with Crippen molar-refractivity contribution in [3.05, 3.63) is 72.5 Å². The number of fused-ring (bicyclic) bond motifs is 1. The highest BCUT2D eigenvalue weighted by Gasteiger charge is 2.20. The first-order chi connectivity index (χ1) is 14.1. The number of furan rings is 1. The van der Waals surface area contributed by atoms with Crippen molar-refractivity contribution in [2.45, 2.75) is 26.4 Å². The largest absolute Gasteiger partial charge is 0.489 e. The van der Waals surface area contributed by atoms with Crippen molar-refractivity contribution in [2.75, 3.05) is 19.8 Å². The van der Waals surface area contributed by atoms with Gasteiger partial charge < -0.3 is 18.6 Å². The van der Waals surface area contributed by atoms with Crippen LogP contribution in [0.5, 0.6) is 5.75 Å². The van der Waals surface area contributed by atoms with Crippen LogP contribution in [0.4, 0.5) is 0 Å². The summed E-state index contributed by atoms with van der Waals surface area (Å²) in [5, 5.41) is 1.03. The molecule has 5 nitrogen and oxygen atoms in total. The molecule has 1 atom stereocenters. The van der Waals surface area contributed by atoms with E-state index in [1.165, 1.54) is 0 Å². The van der Waals surface area contributed by atoms with Gasteiger partial charge in [-0.25, -0.2) is 4.79 Å². The minimum absolute atomic E-state index is 0.335. The van der Waals surface area contributed by atoms with Crippen molar-refractivity contribution in [3.8, 4) is 5.75 Å². The molecule has 0 aliphatic heterocycles. The first kappa shape index (κ1) is 20.7. The Morgan fingerprint density at radius 3 is 2.55 bits per heavy atom. The number of carbonyl (C=O) groups is 1. The van der Waals surface area contributed by atoms with Gasteiger partial charge in [-0.05, 0) is 43.2 Å². The molecule has 5 heteroatoms. The summed E-state index contributed by atoms with van der Waals surface area (Å²) >= 11 is 0. The van der Waals surface area contributed by atoms with E-state index in [-0.39, 0.29) is 5.97 Å². The van der Waals surface area contributed by atoms with Crippen LogP contribution in [0.2, 0.25) is 0 Å². The summed E-state index contributed by atoms with van der Waals surface area (Å²) in [6, 6.07) is 15.5. The van der Waals surface area contributed by atoms with E-state index in [4.69, 9.17) is 18.6 Å². The van der Waals surface area contributed by atoms with Crippen LogP contribution in [0.3, 0.4) is 0 Å². The van der Waals surface area contributed by atoms with E-state index < -0.39 is 6.10 Å². The fraction of sp³-hybridized carbons (Fsp3) is 0.292. The minimum atomic E-state index is -0.596. The van der Waals surface area contributed by atoms with Crippen molar-refractivity contribution in [1.29, 1.82) is 0 Å². The lowest BCUT2D eigenvalue weighted by Crippen LogP contribution is -2.28. The molecule has 1 heterocycles. The number of esters is 1. The molecular weight excluding hydrogens is 368 g/mol. The molecule has 0 aliphatic rings. The second-order valence-electron chi connectivity index (χ2n) is 6.58. The van der Waals surface area contributed by atoms with Crippen molar-refractivity contribution < 1.29 is 23.4 Å². The quantitative estimate of drug-likeness (QED) is 0.451. The Morgan fingerprint density at radius 1 is 1.07 bits per heavy atom. The van der Waals surface area contributed by atoms with Gasteiger partial charge >= 0.3 is 5.97 Å². The molecular formula is C24H26O5. The third-order valence-corrected chi connectivity index (χ3v) is 4.54. The molecule has 152 valence electrons. The fourth-order valence-corrected chi connectivity index (χ4v) is 3.08. The van der Waals surface area contributed by atoms with Crippen molar-refractivity contribution in [3.63, 3.8) is 0 Å². The zero-order valence-corrected chi connectivity index (χ0v) is 16.9. The summed E-state index contributed by atoms with van der Waals surface area (Å²) < 4.78 is 22.0. The number of benzene rings is 2. The van der Waals surface area contributed by atoms with Crippen LogP contribution in [0.15, 0.2) is 65.8 Å². The third kappa shape index (κ3) is 5.27. The van der Waals surface area contributed by atoms with Crippen LogP contribution in [0.1, 0.15) is 25.0 Å². The molecule has 0 saturated heterocycles. The Balaban J connectivity index is 1.58. The van der Waals surface area contributed by atoms with Crippen molar-refractivity contribution in [2.24, 2.45) is 0 Å². The van der Waals surface area contributed by atoms with Gasteiger partial charge in [-0.2, -0.15) is 0 Å². The first-order valence-electron chi connectivity index (χ1n) is 9.76. The average Bonchev–Trinajstić information content (AvgIpc) is 3.17. The summed E-state index contributed by atoms with van der Waals surface area (Å²) in [6.07, 6.45) is 1.57. The van der Waals surface area contributed by atoms with Crippen molar-refractivity contribution in [1.82, 2.24) is 0 Å². The molecule has 0 amide bonds. The maximum absolute atomic E-state index is 12.0. The molecule has 3 aromatic rings.